The van der Waals surface area contributed by atoms with Crippen molar-refractivity contribution >= 4 is 11.2 Å². The van der Waals surface area contributed by atoms with Crippen LogP contribution in [-0.2, 0) is 11.2 Å². The molecule has 0 aromatic heterocycles. The molecule has 0 amide bonds. The maximum absolute atomic E-state index is 11.2. The summed E-state index contributed by atoms with van der Waals surface area (Å²) in [7, 11) is 0. The first kappa shape index (κ1) is 11.7. The average molecular weight is 217 g/mol. The fourth-order valence-corrected chi connectivity index (χ4v) is 1.70. The summed E-state index contributed by atoms with van der Waals surface area (Å²) >= 11 is -0.930. The minimum atomic E-state index is -0.930. The molecule has 1 aliphatic carbocycles. The number of nitrogens with zero attached hydrogens (tertiary/aromatic N) is 1. The molecule has 0 aliphatic heterocycles. The molecule has 0 heterocycles. The van der Waals surface area contributed by atoms with Gasteiger partial charge in [0.1, 0.15) is 0 Å². The second-order valence-electron chi connectivity index (χ2n) is 3.80. The summed E-state index contributed by atoms with van der Waals surface area (Å²) in [6.07, 6.45) is 6.86. The molecule has 2 atom stereocenters. The third kappa shape index (κ3) is 2.80. The molecule has 0 aromatic rings. The standard InChI is InChI=1S/C9H19N3OS/c1-7(14(2)13)9(10)6-12(11)8-4-3-5-8/h6-8H,3-5,10-11H2,1-2H3/b9-6-/t7-,14?/m0/s1. The van der Waals surface area contributed by atoms with Crippen molar-refractivity contribution in [3.05, 3.63) is 11.9 Å². The van der Waals surface area contributed by atoms with Crippen LogP contribution in [0.15, 0.2) is 11.9 Å². The van der Waals surface area contributed by atoms with Crippen molar-refractivity contribution in [1.29, 1.82) is 0 Å². The van der Waals surface area contributed by atoms with Gasteiger partial charge >= 0.3 is 0 Å². The molecule has 4 N–H and O–H groups in total. The second-order valence-corrected chi connectivity index (χ2v) is 5.51. The van der Waals surface area contributed by atoms with Crippen LogP contribution in [0.5, 0.6) is 0 Å². The third-order valence-electron chi connectivity index (χ3n) is 2.76. The Kier molecular flexibility index (Phi) is 4.10. The fraction of sp³-hybridized carbons (Fsp3) is 0.778. The SMILES string of the molecule is C[C@@H](/C(N)=C/N(N)C1CCC1)[S+](C)[O-]. The molecule has 1 aliphatic rings. The lowest BCUT2D eigenvalue weighted by atomic mass is 9.93. The zero-order chi connectivity index (χ0) is 10.7. The number of nitrogens with two attached hydrogens (primary N) is 2. The smallest absolute Gasteiger partial charge is 0.153 e. The van der Waals surface area contributed by atoms with Crippen LogP contribution in [0.25, 0.3) is 0 Å². The lowest BCUT2D eigenvalue weighted by Crippen LogP contribution is -2.42. The van der Waals surface area contributed by atoms with Crippen molar-refractivity contribution in [3.8, 4) is 0 Å². The molecule has 0 spiro atoms. The molecular weight excluding hydrogens is 198 g/mol. The van der Waals surface area contributed by atoms with E-state index in [2.05, 4.69) is 0 Å². The molecule has 4 nitrogen and oxygen atoms in total. The van der Waals surface area contributed by atoms with E-state index < -0.39 is 11.2 Å². The van der Waals surface area contributed by atoms with Crippen LogP contribution in [0.2, 0.25) is 0 Å². The normalized spacial score (nSPS) is 22.7. The lowest BCUT2D eigenvalue weighted by molar-refractivity contribution is 0.185. The van der Waals surface area contributed by atoms with Crippen molar-refractivity contribution in [3.63, 3.8) is 0 Å². The molecular formula is C9H19N3OS. The minimum Gasteiger partial charge on any atom is -0.616 e. The van der Waals surface area contributed by atoms with Gasteiger partial charge < -0.3 is 15.3 Å². The predicted molar refractivity (Wildman–Crippen MR) is 59.5 cm³/mol. The van der Waals surface area contributed by atoms with Gasteiger partial charge in [0.05, 0.1) is 12.0 Å². The number of hydrogen-bond donors (Lipinski definition) is 2. The van der Waals surface area contributed by atoms with Gasteiger partial charge in [-0.2, -0.15) is 0 Å². The summed E-state index contributed by atoms with van der Waals surface area (Å²) in [5, 5.41) is 1.53. The zero-order valence-electron chi connectivity index (χ0n) is 8.77. The Morgan fingerprint density at radius 1 is 1.64 bits per heavy atom. The van der Waals surface area contributed by atoms with Gasteiger partial charge in [0.2, 0.25) is 0 Å². The highest BCUT2D eigenvalue weighted by atomic mass is 32.2. The largest absolute Gasteiger partial charge is 0.616 e. The van der Waals surface area contributed by atoms with Crippen LogP contribution in [-0.4, -0.2) is 27.1 Å². The van der Waals surface area contributed by atoms with Gasteiger partial charge in [-0.25, -0.2) is 5.84 Å². The summed E-state index contributed by atoms with van der Waals surface area (Å²) < 4.78 is 11.2. The minimum absolute atomic E-state index is 0.124. The van der Waals surface area contributed by atoms with Gasteiger partial charge in [0.25, 0.3) is 0 Å². The molecule has 0 bridgehead atoms. The highest BCUT2D eigenvalue weighted by molar-refractivity contribution is 7.91. The molecule has 1 rings (SSSR count). The van der Waals surface area contributed by atoms with Gasteiger partial charge in [-0.3, -0.25) is 0 Å². The molecule has 82 valence electrons. The van der Waals surface area contributed by atoms with Crippen molar-refractivity contribution in [2.45, 2.75) is 37.5 Å². The highest BCUT2D eigenvalue weighted by Gasteiger charge is 2.22. The Hall–Kier alpha value is -0.390. The molecule has 1 saturated carbocycles. The number of hydrazine groups is 1. The van der Waals surface area contributed by atoms with Crippen LogP contribution >= 0.6 is 0 Å². The summed E-state index contributed by atoms with van der Waals surface area (Å²) in [5.74, 6) is 5.80. The summed E-state index contributed by atoms with van der Waals surface area (Å²) in [5.41, 5.74) is 6.38. The zero-order valence-corrected chi connectivity index (χ0v) is 9.59. The van der Waals surface area contributed by atoms with Gasteiger partial charge in [0.15, 0.2) is 5.25 Å². The fourth-order valence-electron chi connectivity index (χ4n) is 1.26. The monoisotopic (exact) mass is 217 g/mol. The van der Waals surface area contributed by atoms with E-state index in [1.54, 1.807) is 17.5 Å². The maximum atomic E-state index is 11.2. The molecule has 1 fully saturated rings. The predicted octanol–water partition coefficient (Wildman–Crippen LogP) is 0.282. The lowest BCUT2D eigenvalue weighted by Gasteiger charge is -2.33. The van der Waals surface area contributed by atoms with E-state index in [9.17, 15) is 4.55 Å². The van der Waals surface area contributed by atoms with Crippen LogP contribution in [0.1, 0.15) is 26.2 Å². The Balaban J connectivity index is 2.48. The molecule has 5 heteroatoms. The van der Waals surface area contributed by atoms with Crippen LogP contribution in [0, 0.1) is 0 Å². The van der Waals surface area contributed by atoms with Crippen molar-refractivity contribution < 1.29 is 4.55 Å². The van der Waals surface area contributed by atoms with Crippen molar-refractivity contribution in [2.75, 3.05) is 6.26 Å². The Bertz CT molecular complexity index is 216. The Morgan fingerprint density at radius 3 is 2.57 bits per heavy atom. The van der Waals surface area contributed by atoms with Crippen molar-refractivity contribution in [2.24, 2.45) is 11.6 Å². The maximum Gasteiger partial charge on any atom is 0.153 e. The van der Waals surface area contributed by atoms with E-state index >= 15 is 0 Å². The summed E-state index contributed by atoms with van der Waals surface area (Å²) in [6.45, 7) is 1.84. The van der Waals surface area contributed by atoms with Crippen LogP contribution < -0.4 is 11.6 Å². The van der Waals surface area contributed by atoms with E-state index in [1.165, 1.54) is 6.42 Å². The molecule has 14 heavy (non-hydrogen) atoms. The van der Waals surface area contributed by atoms with E-state index in [0.717, 1.165) is 12.8 Å². The van der Waals surface area contributed by atoms with E-state index in [1.807, 2.05) is 6.92 Å². The van der Waals surface area contributed by atoms with Gasteiger partial charge in [-0.1, -0.05) is 0 Å². The summed E-state index contributed by atoms with van der Waals surface area (Å²) in [6, 6.07) is 0.422. The third-order valence-corrected chi connectivity index (χ3v) is 4.03. The first-order chi connectivity index (χ1) is 6.52. The Morgan fingerprint density at radius 2 is 2.21 bits per heavy atom. The van der Waals surface area contributed by atoms with Gasteiger partial charge in [0, 0.05) is 12.2 Å². The molecule has 0 radical (unpaired) electrons. The van der Waals surface area contributed by atoms with Crippen molar-refractivity contribution in [1.82, 2.24) is 5.01 Å². The summed E-state index contributed by atoms with van der Waals surface area (Å²) in [4.78, 5) is 0. The van der Waals surface area contributed by atoms with E-state index in [-0.39, 0.29) is 5.25 Å². The van der Waals surface area contributed by atoms with Gasteiger partial charge in [-0.05, 0) is 37.4 Å². The Labute approximate surface area is 88.5 Å². The number of rotatable bonds is 4. The second kappa shape index (κ2) is 4.91. The van der Waals surface area contributed by atoms with E-state index in [4.69, 9.17) is 11.6 Å². The molecule has 0 aromatic carbocycles. The van der Waals surface area contributed by atoms with E-state index in [0.29, 0.717) is 11.7 Å². The van der Waals surface area contributed by atoms with Gasteiger partial charge in [-0.15, -0.1) is 0 Å². The van der Waals surface area contributed by atoms with Crippen LogP contribution in [0.3, 0.4) is 0 Å². The number of hydrogen-bond acceptors (Lipinski definition) is 4. The average Bonchev–Trinajstić information content (AvgIpc) is 1.98. The topological polar surface area (TPSA) is 78.3 Å². The first-order valence-corrected chi connectivity index (χ1v) is 6.47. The highest BCUT2D eigenvalue weighted by Crippen LogP contribution is 2.23. The first-order valence-electron chi connectivity index (χ1n) is 4.85. The van der Waals surface area contributed by atoms with Crippen LogP contribution in [0.4, 0.5) is 0 Å². The molecule has 1 unspecified atom stereocenters. The quantitative estimate of drug-likeness (QED) is 0.403. The molecule has 0 saturated heterocycles.